The highest BCUT2D eigenvalue weighted by Gasteiger charge is 2.22. The molecule has 0 aromatic heterocycles. The first kappa shape index (κ1) is 16.4. The SMILES string of the molecule is Cc1ccc([N+](=O)[O-])cc1NC(=S)NC(=O)C1CCCCC1. The van der Waals surface area contributed by atoms with E-state index < -0.39 is 4.92 Å². The molecule has 1 fully saturated rings. The maximum absolute atomic E-state index is 12.1. The van der Waals surface area contributed by atoms with Crippen LogP contribution in [0.15, 0.2) is 18.2 Å². The van der Waals surface area contributed by atoms with E-state index in [4.69, 9.17) is 12.2 Å². The number of carbonyl (C=O) groups excluding carboxylic acids is 1. The molecule has 0 atom stereocenters. The monoisotopic (exact) mass is 321 g/mol. The molecule has 7 heteroatoms. The van der Waals surface area contributed by atoms with E-state index in [9.17, 15) is 14.9 Å². The zero-order valence-corrected chi connectivity index (χ0v) is 13.2. The van der Waals surface area contributed by atoms with Gasteiger partial charge in [-0.1, -0.05) is 25.3 Å². The Morgan fingerprint density at radius 1 is 1.32 bits per heavy atom. The van der Waals surface area contributed by atoms with Crippen molar-refractivity contribution in [1.29, 1.82) is 0 Å². The Kier molecular flexibility index (Phi) is 5.43. The van der Waals surface area contributed by atoms with E-state index in [1.54, 1.807) is 6.07 Å². The number of thiocarbonyl (C=S) groups is 1. The number of anilines is 1. The number of carbonyl (C=O) groups is 1. The number of nitrogens with zero attached hydrogens (tertiary/aromatic N) is 1. The Morgan fingerprint density at radius 2 is 2.00 bits per heavy atom. The molecule has 1 amide bonds. The molecule has 1 aromatic rings. The Balaban J connectivity index is 1.98. The average molecular weight is 321 g/mol. The smallest absolute Gasteiger partial charge is 0.271 e. The van der Waals surface area contributed by atoms with E-state index in [0.29, 0.717) is 5.69 Å². The number of benzene rings is 1. The van der Waals surface area contributed by atoms with Crippen molar-refractivity contribution in [2.75, 3.05) is 5.32 Å². The molecule has 2 N–H and O–H groups in total. The Labute approximate surface area is 134 Å². The van der Waals surface area contributed by atoms with E-state index in [0.717, 1.165) is 31.2 Å². The van der Waals surface area contributed by atoms with Crippen molar-refractivity contribution in [2.24, 2.45) is 5.92 Å². The van der Waals surface area contributed by atoms with Gasteiger partial charge in [0.15, 0.2) is 5.11 Å². The van der Waals surface area contributed by atoms with Crippen LogP contribution >= 0.6 is 12.2 Å². The summed E-state index contributed by atoms with van der Waals surface area (Å²) in [4.78, 5) is 22.5. The molecule has 0 bridgehead atoms. The molecule has 1 aliphatic carbocycles. The van der Waals surface area contributed by atoms with Crippen LogP contribution in [0.25, 0.3) is 0 Å². The number of rotatable bonds is 3. The van der Waals surface area contributed by atoms with Crippen LogP contribution in [0.4, 0.5) is 11.4 Å². The summed E-state index contributed by atoms with van der Waals surface area (Å²) in [5.74, 6) is -0.0556. The van der Waals surface area contributed by atoms with Crippen LogP contribution in [0.2, 0.25) is 0 Å². The summed E-state index contributed by atoms with van der Waals surface area (Å²) < 4.78 is 0. The van der Waals surface area contributed by atoms with E-state index in [-0.39, 0.29) is 22.6 Å². The lowest BCUT2D eigenvalue weighted by atomic mass is 9.89. The molecule has 0 saturated heterocycles. The number of aryl methyl sites for hydroxylation is 1. The molecule has 0 spiro atoms. The molecule has 6 nitrogen and oxygen atoms in total. The zero-order valence-electron chi connectivity index (χ0n) is 12.4. The van der Waals surface area contributed by atoms with Crippen molar-refractivity contribution in [3.63, 3.8) is 0 Å². The molecule has 1 aliphatic rings. The van der Waals surface area contributed by atoms with Gasteiger partial charge in [0.05, 0.1) is 4.92 Å². The predicted octanol–water partition coefficient (Wildman–Crippen LogP) is 3.30. The minimum absolute atomic E-state index is 0.0136. The van der Waals surface area contributed by atoms with Crippen LogP contribution in [-0.2, 0) is 4.79 Å². The van der Waals surface area contributed by atoms with Crippen molar-refractivity contribution < 1.29 is 9.72 Å². The number of nitrogens with one attached hydrogen (secondary N) is 2. The van der Waals surface area contributed by atoms with Gasteiger partial charge in [-0.3, -0.25) is 14.9 Å². The topological polar surface area (TPSA) is 84.3 Å². The highest BCUT2D eigenvalue weighted by molar-refractivity contribution is 7.80. The van der Waals surface area contributed by atoms with Gasteiger partial charge in [-0.15, -0.1) is 0 Å². The van der Waals surface area contributed by atoms with E-state index in [2.05, 4.69) is 10.6 Å². The molecule has 0 heterocycles. The zero-order chi connectivity index (χ0) is 16.1. The summed E-state index contributed by atoms with van der Waals surface area (Å²) in [5, 5.41) is 16.5. The molecular formula is C15H19N3O3S. The Bertz CT molecular complexity index is 598. The van der Waals surface area contributed by atoms with Gasteiger partial charge in [0.25, 0.3) is 5.69 Å². The molecule has 118 valence electrons. The van der Waals surface area contributed by atoms with Crippen LogP contribution in [0.5, 0.6) is 0 Å². The number of amides is 1. The molecule has 2 rings (SSSR count). The van der Waals surface area contributed by atoms with Gasteiger partial charge < -0.3 is 10.6 Å². The number of nitro benzene ring substituents is 1. The fourth-order valence-electron chi connectivity index (χ4n) is 2.59. The third-order valence-electron chi connectivity index (χ3n) is 3.89. The first-order valence-electron chi connectivity index (χ1n) is 7.34. The van der Waals surface area contributed by atoms with Crippen molar-refractivity contribution in [1.82, 2.24) is 5.32 Å². The lowest BCUT2D eigenvalue weighted by Crippen LogP contribution is -2.39. The maximum Gasteiger partial charge on any atom is 0.271 e. The van der Waals surface area contributed by atoms with Crippen LogP contribution in [-0.4, -0.2) is 15.9 Å². The van der Waals surface area contributed by atoms with Gasteiger partial charge in [-0.25, -0.2) is 0 Å². The largest absolute Gasteiger partial charge is 0.332 e. The second kappa shape index (κ2) is 7.31. The lowest BCUT2D eigenvalue weighted by molar-refractivity contribution is -0.384. The van der Waals surface area contributed by atoms with E-state index >= 15 is 0 Å². The van der Waals surface area contributed by atoms with Gasteiger partial charge in [0.2, 0.25) is 5.91 Å². The molecule has 1 aromatic carbocycles. The summed E-state index contributed by atoms with van der Waals surface area (Å²) in [7, 11) is 0. The highest BCUT2D eigenvalue weighted by Crippen LogP contribution is 2.24. The molecular weight excluding hydrogens is 302 g/mol. The maximum atomic E-state index is 12.1. The first-order chi connectivity index (χ1) is 10.5. The third-order valence-corrected chi connectivity index (χ3v) is 4.10. The van der Waals surface area contributed by atoms with Gasteiger partial charge >= 0.3 is 0 Å². The van der Waals surface area contributed by atoms with E-state index in [1.165, 1.54) is 18.6 Å². The number of nitro groups is 1. The predicted molar refractivity (Wildman–Crippen MR) is 88.8 cm³/mol. The summed E-state index contributed by atoms with van der Waals surface area (Å²) in [6, 6.07) is 4.49. The molecule has 22 heavy (non-hydrogen) atoms. The van der Waals surface area contributed by atoms with Crippen LogP contribution in [0.3, 0.4) is 0 Å². The summed E-state index contributed by atoms with van der Waals surface area (Å²) in [5.41, 5.74) is 1.33. The van der Waals surface area contributed by atoms with Crippen LogP contribution in [0.1, 0.15) is 37.7 Å². The number of hydrogen-bond acceptors (Lipinski definition) is 4. The first-order valence-corrected chi connectivity index (χ1v) is 7.75. The van der Waals surface area contributed by atoms with Crippen molar-refractivity contribution in [3.05, 3.63) is 33.9 Å². The molecule has 0 radical (unpaired) electrons. The minimum Gasteiger partial charge on any atom is -0.332 e. The fraction of sp³-hybridized carbons (Fsp3) is 0.467. The molecule has 0 aliphatic heterocycles. The number of hydrogen-bond donors (Lipinski definition) is 2. The second-order valence-electron chi connectivity index (χ2n) is 5.53. The quantitative estimate of drug-likeness (QED) is 0.507. The summed E-state index contributed by atoms with van der Waals surface area (Å²) in [6.07, 6.45) is 5.11. The fourth-order valence-corrected chi connectivity index (χ4v) is 2.80. The summed E-state index contributed by atoms with van der Waals surface area (Å²) in [6.45, 7) is 1.82. The van der Waals surface area contributed by atoms with Crippen LogP contribution < -0.4 is 10.6 Å². The van der Waals surface area contributed by atoms with Gasteiger partial charge in [0, 0.05) is 23.7 Å². The second-order valence-corrected chi connectivity index (χ2v) is 5.94. The van der Waals surface area contributed by atoms with Gasteiger partial charge in [-0.2, -0.15) is 0 Å². The molecule has 0 unspecified atom stereocenters. The number of non-ortho nitro benzene ring substituents is 1. The van der Waals surface area contributed by atoms with Gasteiger partial charge in [-0.05, 0) is 37.5 Å². The minimum atomic E-state index is -0.464. The lowest BCUT2D eigenvalue weighted by Gasteiger charge is -2.21. The van der Waals surface area contributed by atoms with Crippen molar-refractivity contribution >= 4 is 34.6 Å². The van der Waals surface area contributed by atoms with Gasteiger partial charge in [0.1, 0.15) is 0 Å². The van der Waals surface area contributed by atoms with E-state index in [1.807, 2.05) is 6.92 Å². The van der Waals surface area contributed by atoms with Crippen LogP contribution in [0, 0.1) is 23.0 Å². The van der Waals surface area contributed by atoms with Crippen molar-refractivity contribution in [2.45, 2.75) is 39.0 Å². The normalized spacial score (nSPS) is 15.1. The average Bonchev–Trinajstić information content (AvgIpc) is 2.50. The molecule has 1 saturated carbocycles. The third kappa shape index (κ3) is 4.24. The summed E-state index contributed by atoms with van der Waals surface area (Å²) >= 11 is 5.14. The Morgan fingerprint density at radius 3 is 2.64 bits per heavy atom. The van der Waals surface area contributed by atoms with Crippen molar-refractivity contribution in [3.8, 4) is 0 Å². The Hall–Kier alpha value is -2.02. The standard InChI is InChI=1S/C15H19N3O3S/c1-10-7-8-12(18(20)21)9-13(10)16-15(22)17-14(19)11-5-3-2-4-6-11/h7-9,11H,2-6H2,1H3,(H2,16,17,19,22). The highest BCUT2D eigenvalue weighted by atomic mass is 32.1.